The number of nitrogens with two attached hydrogens (primary N) is 1. The fraction of sp³-hybridized carbons (Fsp3) is 1.00. The third-order valence-electron chi connectivity index (χ3n) is 1.70. The predicted octanol–water partition coefficient (Wildman–Crippen LogP) is 1.86. The van der Waals surface area contributed by atoms with Gasteiger partial charge in [-0.15, -0.1) is 0 Å². The van der Waals surface area contributed by atoms with E-state index in [-0.39, 0.29) is 6.29 Å². The van der Waals surface area contributed by atoms with E-state index in [2.05, 4.69) is 0 Å². The van der Waals surface area contributed by atoms with Crippen LogP contribution in [0.3, 0.4) is 0 Å². The summed E-state index contributed by atoms with van der Waals surface area (Å²) in [5.41, 5.74) is 5.40. The first-order chi connectivity index (χ1) is 6.85. The minimum Gasteiger partial charge on any atom is -0.353 e. The van der Waals surface area contributed by atoms with E-state index >= 15 is 0 Å². The molecule has 0 aromatic rings. The van der Waals surface area contributed by atoms with Gasteiger partial charge in [-0.05, 0) is 38.3 Å². The molecule has 2 N–H and O–H groups in total. The van der Waals surface area contributed by atoms with Crippen molar-refractivity contribution in [2.45, 2.75) is 33.0 Å². The van der Waals surface area contributed by atoms with Crippen LogP contribution in [-0.2, 0) is 9.47 Å². The zero-order chi connectivity index (χ0) is 10.6. The number of rotatable bonds is 10. The smallest absolute Gasteiger partial charge is 0.158 e. The molecule has 0 amide bonds. The van der Waals surface area contributed by atoms with Gasteiger partial charge in [-0.25, -0.2) is 0 Å². The molecule has 0 fully saturated rings. The van der Waals surface area contributed by atoms with Crippen LogP contribution in [-0.4, -0.2) is 37.6 Å². The second-order valence-corrected chi connectivity index (χ2v) is 4.11. The monoisotopic (exact) mass is 221 g/mol. The highest BCUT2D eigenvalue weighted by molar-refractivity contribution is 7.99. The van der Waals surface area contributed by atoms with Gasteiger partial charge in [-0.2, -0.15) is 11.8 Å². The van der Waals surface area contributed by atoms with E-state index in [1.54, 1.807) is 0 Å². The van der Waals surface area contributed by atoms with Crippen molar-refractivity contribution >= 4 is 11.8 Å². The van der Waals surface area contributed by atoms with E-state index in [0.29, 0.717) is 0 Å². The molecule has 0 aromatic heterocycles. The molecule has 0 saturated carbocycles. The predicted molar refractivity (Wildman–Crippen MR) is 62.7 cm³/mol. The van der Waals surface area contributed by atoms with Gasteiger partial charge in [0.1, 0.15) is 0 Å². The van der Waals surface area contributed by atoms with Gasteiger partial charge >= 0.3 is 0 Å². The summed E-state index contributed by atoms with van der Waals surface area (Å²) in [6, 6.07) is 0. The molecule has 0 spiro atoms. The lowest BCUT2D eigenvalue weighted by Crippen LogP contribution is -2.18. The highest BCUT2D eigenvalue weighted by atomic mass is 32.2. The van der Waals surface area contributed by atoms with Gasteiger partial charge in [-0.3, -0.25) is 0 Å². The number of thioether (sulfide) groups is 1. The molecule has 0 radical (unpaired) electrons. The topological polar surface area (TPSA) is 44.5 Å². The fourth-order valence-corrected chi connectivity index (χ4v) is 1.99. The summed E-state index contributed by atoms with van der Waals surface area (Å²) in [6.07, 6.45) is 2.05. The highest BCUT2D eigenvalue weighted by Crippen LogP contribution is 2.09. The Morgan fingerprint density at radius 2 is 1.79 bits per heavy atom. The lowest BCUT2D eigenvalue weighted by Gasteiger charge is -2.16. The SMILES string of the molecule is CCOC(CCSCCCN)OCC. The van der Waals surface area contributed by atoms with Crippen molar-refractivity contribution in [3.8, 4) is 0 Å². The van der Waals surface area contributed by atoms with Crippen LogP contribution in [0, 0.1) is 0 Å². The van der Waals surface area contributed by atoms with E-state index in [0.717, 1.165) is 44.1 Å². The lowest BCUT2D eigenvalue weighted by molar-refractivity contribution is -0.136. The van der Waals surface area contributed by atoms with Crippen LogP contribution in [0.1, 0.15) is 26.7 Å². The Morgan fingerprint density at radius 3 is 2.29 bits per heavy atom. The Bertz CT molecular complexity index is 108. The standard InChI is InChI=1S/C10H23NO2S/c1-3-12-10(13-4-2)6-9-14-8-5-7-11/h10H,3-9,11H2,1-2H3. The second-order valence-electron chi connectivity index (χ2n) is 2.88. The first-order valence-electron chi connectivity index (χ1n) is 5.36. The van der Waals surface area contributed by atoms with Gasteiger partial charge in [0.25, 0.3) is 0 Å². The zero-order valence-corrected chi connectivity index (χ0v) is 10.1. The molecule has 0 aromatic carbocycles. The molecule has 0 bridgehead atoms. The van der Waals surface area contributed by atoms with Crippen molar-refractivity contribution in [3.05, 3.63) is 0 Å². The van der Waals surface area contributed by atoms with Crippen LogP contribution in [0.5, 0.6) is 0 Å². The molecule has 0 heterocycles. The van der Waals surface area contributed by atoms with Crippen LogP contribution < -0.4 is 5.73 Å². The summed E-state index contributed by atoms with van der Waals surface area (Å²) in [4.78, 5) is 0. The first-order valence-corrected chi connectivity index (χ1v) is 6.51. The van der Waals surface area contributed by atoms with Crippen molar-refractivity contribution in [1.82, 2.24) is 0 Å². The van der Waals surface area contributed by atoms with E-state index in [1.165, 1.54) is 0 Å². The Morgan fingerprint density at radius 1 is 1.14 bits per heavy atom. The molecule has 0 saturated heterocycles. The van der Waals surface area contributed by atoms with Crippen molar-refractivity contribution in [1.29, 1.82) is 0 Å². The van der Waals surface area contributed by atoms with Crippen molar-refractivity contribution in [2.75, 3.05) is 31.3 Å². The summed E-state index contributed by atoms with van der Waals surface area (Å²) in [5, 5.41) is 0. The van der Waals surface area contributed by atoms with E-state index in [1.807, 2.05) is 25.6 Å². The Kier molecular flexibility index (Phi) is 11.5. The molecule has 0 rings (SSSR count). The minimum atomic E-state index is -0.0182. The fourth-order valence-electron chi connectivity index (χ4n) is 1.05. The molecule has 86 valence electrons. The minimum absolute atomic E-state index is 0.0182. The average molecular weight is 221 g/mol. The van der Waals surface area contributed by atoms with Crippen LogP contribution >= 0.6 is 11.8 Å². The van der Waals surface area contributed by atoms with Crippen LogP contribution in [0.15, 0.2) is 0 Å². The van der Waals surface area contributed by atoms with Crippen LogP contribution in [0.2, 0.25) is 0 Å². The van der Waals surface area contributed by atoms with E-state index < -0.39 is 0 Å². The zero-order valence-electron chi connectivity index (χ0n) is 9.33. The molecule has 3 nitrogen and oxygen atoms in total. The molecular weight excluding hydrogens is 198 g/mol. The molecule has 0 aliphatic rings. The lowest BCUT2D eigenvalue weighted by atomic mass is 10.5. The normalized spacial score (nSPS) is 11.1. The summed E-state index contributed by atoms with van der Waals surface area (Å²) in [6.45, 7) is 6.21. The van der Waals surface area contributed by atoms with E-state index in [9.17, 15) is 0 Å². The van der Waals surface area contributed by atoms with Crippen molar-refractivity contribution in [3.63, 3.8) is 0 Å². The molecular formula is C10H23NO2S. The molecule has 0 aliphatic carbocycles. The van der Waals surface area contributed by atoms with Crippen molar-refractivity contribution < 1.29 is 9.47 Å². The Balaban J connectivity index is 3.30. The molecule has 0 atom stereocenters. The molecule has 0 unspecified atom stereocenters. The largest absolute Gasteiger partial charge is 0.353 e. The van der Waals surface area contributed by atoms with Gasteiger partial charge in [-0.1, -0.05) is 0 Å². The van der Waals surface area contributed by atoms with Gasteiger partial charge in [0.05, 0.1) is 0 Å². The van der Waals surface area contributed by atoms with Gasteiger partial charge in [0, 0.05) is 19.6 Å². The molecule has 0 aliphatic heterocycles. The van der Waals surface area contributed by atoms with E-state index in [4.69, 9.17) is 15.2 Å². The molecule has 14 heavy (non-hydrogen) atoms. The van der Waals surface area contributed by atoms with Crippen molar-refractivity contribution in [2.24, 2.45) is 5.73 Å². The average Bonchev–Trinajstić information content (AvgIpc) is 2.18. The quantitative estimate of drug-likeness (QED) is 0.452. The maximum Gasteiger partial charge on any atom is 0.158 e. The number of hydrogen-bond acceptors (Lipinski definition) is 4. The maximum atomic E-state index is 5.43. The summed E-state index contributed by atoms with van der Waals surface area (Å²) in [7, 11) is 0. The van der Waals surface area contributed by atoms with Gasteiger partial charge < -0.3 is 15.2 Å². The second kappa shape index (κ2) is 11.3. The third kappa shape index (κ3) is 8.81. The van der Waals surface area contributed by atoms with Gasteiger partial charge in [0.2, 0.25) is 0 Å². The Labute approximate surface area is 91.7 Å². The highest BCUT2D eigenvalue weighted by Gasteiger charge is 2.06. The Hall–Kier alpha value is 0.230. The van der Waals surface area contributed by atoms with Gasteiger partial charge in [0.15, 0.2) is 6.29 Å². The maximum absolute atomic E-state index is 5.43. The van der Waals surface area contributed by atoms with Crippen LogP contribution in [0.4, 0.5) is 0 Å². The number of ether oxygens (including phenoxy) is 2. The summed E-state index contributed by atoms with van der Waals surface area (Å²) < 4.78 is 10.9. The third-order valence-corrected chi connectivity index (χ3v) is 2.80. The first kappa shape index (κ1) is 14.2. The summed E-state index contributed by atoms with van der Waals surface area (Å²) in [5.74, 6) is 2.23. The van der Waals surface area contributed by atoms with Crippen LogP contribution in [0.25, 0.3) is 0 Å². The number of hydrogen-bond donors (Lipinski definition) is 1. The summed E-state index contributed by atoms with van der Waals surface area (Å²) >= 11 is 1.92. The molecule has 4 heteroatoms.